The second kappa shape index (κ2) is 6.06. The molecule has 2 aromatic carbocycles. The molecular weight excluding hydrogens is 292 g/mol. The highest BCUT2D eigenvalue weighted by Gasteiger charge is 2.19. The Labute approximate surface area is 127 Å². The minimum Gasteiger partial charge on any atom is -0.495 e. The Kier molecular flexibility index (Phi) is 4.38. The fourth-order valence-corrected chi connectivity index (χ4v) is 2.51. The van der Waals surface area contributed by atoms with Crippen LogP contribution < -0.4 is 9.47 Å². The number of rotatable bonds is 4. The van der Waals surface area contributed by atoms with E-state index in [0.717, 1.165) is 10.8 Å². The first-order valence-corrected chi connectivity index (χ1v) is 6.62. The number of fused-ring (bicyclic) bond motifs is 1. The van der Waals surface area contributed by atoms with Gasteiger partial charge in [0, 0.05) is 21.9 Å². The number of halogens is 1. The first-order chi connectivity index (χ1) is 10.0. The van der Waals surface area contributed by atoms with Crippen LogP contribution in [0.25, 0.3) is 16.8 Å². The van der Waals surface area contributed by atoms with E-state index < -0.39 is 5.97 Å². The van der Waals surface area contributed by atoms with Crippen molar-refractivity contribution in [3.63, 3.8) is 0 Å². The molecule has 0 heterocycles. The topological polar surface area (TPSA) is 55.8 Å². The highest BCUT2D eigenvalue weighted by Crippen LogP contribution is 2.44. The molecular formula is C16H15ClO4. The average Bonchev–Trinajstić information content (AvgIpc) is 2.48. The lowest BCUT2D eigenvalue weighted by Crippen LogP contribution is -1.99. The van der Waals surface area contributed by atoms with Gasteiger partial charge in [0.05, 0.1) is 19.2 Å². The molecule has 2 rings (SSSR count). The smallest absolute Gasteiger partial charge is 0.331 e. The molecule has 0 aliphatic carbocycles. The lowest BCUT2D eigenvalue weighted by atomic mass is 10.0. The number of benzene rings is 2. The van der Waals surface area contributed by atoms with Gasteiger partial charge in [-0.25, -0.2) is 4.79 Å². The number of carboxylic acid groups (broad SMARTS) is 1. The van der Waals surface area contributed by atoms with Crippen molar-refractivity contribution in [3.05, 3.63) is 40.4 Å². The molecule has 1 N–H and O–H groups in total. The van der Waals surface area contributed by atoms with Crippen molar-refractivity contribution < 1.29 is 19.4 Å². The molecule has 0 aliphatic rings. The van der Waals surface area contributed by atoms with Crippen molar-refractivity contribution in [2.75, 3.05) is 14.2 Å². The third-order valence-electron chi connectivity index (χ3n) is 3.20. The minimum absolute atomic E-state index is 0.160. The summed E-state index contributed by atoms with van der Waals surface area (Å²) in [4.78, 5) is 11.0. The first kappa shape index (κ1) is 15.2. The van der Waals surface area contributed by atoms with Gasteiger partial charge in [0.15, 0.2) is 0 Å². The van der Waals surface area contributed by atoms with Gasteiger partial charge in [-0.05, 0) is 13.0 Å². The summed E-state index contributed by atoms with van der Waals surface area (Å²) >= 11 is 6.38. The minimum atomic E-state index is -1.01. The SMILES string of the molecule is COc1c(Cl)c(/C=C(\C)C(=O)O)c(OC)c2ccccc12. The molecule has 0 aromatic heterocycles. The third kappa shape index (κ3) is 2.67. The van der Waals surface area contributed by atoms with Crippen LogP contribution in [0, 0.1) is 0 Å². The van der Waals surface area contributed by atoms with Gasteiger partial charge in [-0.3, -0.25) is 0 Å². The number of ether oxygens (including phenoxy) is 2. The van der Waals surface area contributed by atoms with E-state index in [4.69, 9.17) is 26.2 Å². The van der Waals surface area contributed by atoms with E-state index in [9.17, 15) is 4.79 Å². The van der Waals surface area contributed by atoms with Crippen LogP contribution >= 0.6 is 11.6 Å². The zero-order valence-corrected chi connectivity index (χ0v) is 12.7. The van der Waals surface area contributed by atoms with E-state index in [1.807, 2.05) is 24.3 Å². The molecule has 0 unspecified atom stereocenters. The van der Waals surface area contributed by atoms with E-state index in [-0.39, 0.29) is 5.57 Å². The van der Waals surface area contributed by atoms with Crippen molar-refractivity contribution in [1.29, 1.82) is 0 Å². The van der Waals surface area contributed by atoms with E-state index in [1.165, 1.54) is 27.2 Å². The molecule has 0 radical (unpaired) electrons. The molecule has 0 bridgehead atoms. The van der Waals surface area contributed by atoms with Crippen molar-refractivity contribution in [1.82, 2.24) is 0 Å². The summed E-state index contributed by atoms with van der Waals surface area (Å²) in [6.45, 7) is 1.50. The number of carbonyl (C=O) groups is 1. The fourth-order valence-electron chi connectivity index (χ4n) is 2.19. The first-order valence-electron chi connectivity index (χ1n) is 6.25. The summed E-state index contributed by atoms with van der Waals surface area (Å²) in [7, 11) is 3.05. The number of hydrogen-bond donors (Lipinski definition) is 1. The van der Waals surface area contributed by atoms with E-state index in [1.54, 1.807) is 0 Å². The van der Waals surface area contributed by atoms with Crippen LogP contribution in [0.2, 0.25) is 5.02 Å². The van der Waals surface area contributed by atoms with E-state index >= 15 is 0 Å². The van der Waals surface area contributed by atoms with Crippen LogP contribution in [-0.4, -0.2) is 25.3 Å². The standard InChI is InChI=1S/C16H15ClO4/c1-9(16(18)19)8-12-13(17)15(21-3)11-7-5-4-6-10(11)14(12)20-2/h4-8H,1-3H3,(H,18,19)/b9-8+. The van der Waals surface area contributed by atoms with Gasteiger partial charge in [-0.2, -0.15) is 0 Å². The predicted octanol–water partition coefficient (Wildman–Crippen LogP) is 4.00. The molecule has 4 nitrogen and oxygen atoms in total. The fraction of sp³-hybridized carbons (Fsp3) is 0.188. The normalized spacial score (nSPS) is 11.5. The van der Waals surface area contributed by atoms with Gasteiger partial charge in [0.1, 0.15) is 11.5 Å². The maximum atomic E-state index is 11.0. The number of methoxy groups -OCH3 is 2. The van der Waals surface area contributed by atoms with Gasteiger partial charge in [-0.15, -0.1) is 0 Å². The van der Waals surface area contributed by atoms with Gasteiger partial charge >= 0.3 is 5.97 Å². The summed E-state index contributed by atoms with van der Waals surface area (Å²) < 4.78 is 10.8. The van der Waals surface area contributed by atoms with Crippen LogP contribution in [0.5, 0.6) is 11.5 Å². The molecule has 0 spiro atoms. The van der Waals surface area contributed by atoms with Crippen molar-refractivity contribution in [2.45, 2.75) is 6.92 Å². The van der Waals surface area contributed by atoms with Crippen LogP contribution in [0.1, 0.15) is 12.5 Å². The molecule has 2 aromatic rings. The van der Waals surface area contributed by atoms with Crippen molar-refractivity contribution >= 4 is 34.4 Å². The molecule has 5 heteroatoms. The molecule has 110 valence electrons. The highest BCUT2D eigenvalue weighted by molar-refractivity contribution is 6.35. The summed E-state index contributed by atoms with van der Waals surface area (Å²) in [5.41, 5.74) is 0.655. The Morgan fingerprint density at radius 1 is 1.14 bits per heavy atom. The Balaban J connectivity index is 2.90. The summed E-state index contributed by atoms with van der Waals surface area (Å²) in [5.74, 6) is 0.00903. The monoisotopic (exact) mass is 306 g/mol. The molecule has 0 saturated carbocycles. The van der Waals surface area contributed by atoms with Crippen LogP contribution in [0.3, 0.4) is 0 Å². The second-order valence-electron chi connectivity index (χ2n) is 4.47. The van der Waals surface area contributed by atoms with Gasteiger partial charge in [0.2, 0.25) is 0 Å². The quantitative estimate of drug-likeness (QED) is 0.868. The Hall–Kier alpha value is -2.20. The number of aliphatic carboxylic acids is 1. The summed E-state index contributed by atoms with van der Waals surface area (Å²) in [6, 6.07) is 7.49. The van der Waals surface area contributed by atoms with Gasteiger partial charge in [0.25, 0.3) is 0 Å². The number of hydrogen-bond acceptors (Lipinski definition) is 3. The molecule has 0 aliphatic heterocycles. The maximum Gasteiger partial charge on any atom is 0.331 e. The molecule has 0 atom stereocenters. The lowest BCUT2D eigenvalue weighted by Gasteiger charge is -2.16. The van der Waals surface area contributed by atoms with Crippen LogP contribution in [-0.2, 0) is 4.79 Å². The largest absolute Gasteiger partial charge is 0.495 e. The molecule has 0 fully saturated rings. The predicted molar refractivity (Wildman–Crippen MR) is 83.3 cm³/mol. The van der Waals surface area contributed by atoms with Gasteiger partial charge < -0.3 is 14.6 Å². The molecule has 21 heavy (non-hydrogen) atoms. The molecule has 0 saturated heterocycles. The number of carboxylic acids is 1. The van der Waals surface area contributed by atoms with Gasteiger partial charge in [-0.1, -0.05) is 35.9 Å². The Morgan fingerprint density at radius 2 is 1.67 bits per heavy atom. The average molecular weight is 307 g/mol. The zero-order valence-electron chi connectivity index (χ0n) is 11.9. The highest BCUT2D eigenvalue weighted by atomic mass is 35.5. The van der Waals surface area contributed by atoms with Crippen molar-refractivity contribution in [2.24, 2.45) is 0 Å². The lowest BCUT2D eigenvalue weighted by molar-refractivity contribution is -0.132. The van der Waals surface area contributed by atoms with E-state index in [0.29, 0.717) is 22.1 Å². The van der Waals surface area contributed by atoms with Crippen LogP contribution in [0.4, 0.5) is 0 Å². The Bertz CT molecular complexity index is 735. The van der Waals surface area contributed by atoms with Crippen LogP contribution in [0.15, 0.2) is 29.8 Å². The van der Waals surface area contributed by atoms with E-state index in [2.05, 4.69) is 0 Å². The Morgan fingerprint density at radius 3 is 2.14 bits per heavy atom. The summed E-state index contributed by atoms with van der Waals surface area (Å²) in [6.07, 6.45) is 1.48. The second-order valence-corrected chi connectivity index (χ2v) is 4.85. The zero-order chi connectivity index (χ0) is 15.6. The third-order valence-corrected chi connectivity index (χ3v) is 3.58. The maximum absolute atomic E-state index is 11.0. The molecule has 0 amide bonds. The van der Waals surface area contributed by atoms with Crippen molar-refractivity contribution in [3.8, 4) is 11.5 Å². The summed E-state index contributed by atoms with van der Waals surface area (Å²) in [5, 5.41) is 11.0.